The molecule has 5 heteroatoms. The molecule has 0 bridgehead atoms. The zero-order valence-corrected chi connectivity index (χ0v) is 16.8. The van der Waals surface area contributed by atoms with Gasteiger partial charge in [-0.3, -0.25) is 9.88 Å². The largest absolute Gasteiger partial charge is 0.493 e. The Morgan fingerprint density at radius 2 is 1.89 bits per heavy atom. The van der Waals surface area contributed by atoms with E-state index in [9.17, 15) is 0 Å². The van der Waals surface area contributed by atoms with Crippen molar-refractivity contribution in [2.24, 2.45) is 0 Å². The zero-order valence-electron chi connectivity index (χ0n) is 16.8. The van der Waals surface area contributed by atoms with Crippen LogP contribution in [0.3, 0.4) is 0 Å². The van der Waals surface area contributed by atoms with E-state index >= 15 is 0 Å². The van der Waals surface area contributed by atoms with E-state index in [1.165, 1.54) is 23.1 Å². The molecule has 146 valence electrons. The highest BCUT2D eigenvalue weighted by Gasteiger charge is 2.19. The summed E-state index contributed by atoms with van der Waals surface area (Å²) in [6, 6.07) is 8.43. The molecule has 0 fully saturated rings. The smallest absolute Gasteiger partial charge is 0.161 e. The number of rotatable bonds is 9. The summed E-state index contributed by atoms with van der Waals surface area (Å²) in [6.07, 6.45) is 7.11. The molecule has 0 N–H and O–H groups in total. The summed E-state index contributed by atoms with van der Waals surface area (Å²) >= 11 is 0. The summed E-state index contributed by atoms with van der Waals surface area (Å²) in [4.78, 5) is 9.15. The lowest BCUT2D eigenvalue weighted by atomic mass is 9.98. The fourth-order valence-electron chi connectivity index (χ4n) is 3.67. The molecule has 0 spiro atoms. The Balaban J connectivity index is 1.43. The topological polar surface area (TPSA) is 37.8 Å². The van der Waals surface area contributed by atoms with Crippen LogP contribution >= 0.6 is 0 Å². The fourth-order valence-corrected chi connectivity index (χ4v) is 3.67. The molecule has 2 aromatic rings. The molecule has 1 aromatic carbocycles. The van der Waals surface area contributed by atoms with E-state index in [1.807, 2.05) is 18.5 Å². The van der Waals surface area contributed by atoms with Crippen LogP contribution in [0.2, 0.25) is 0 Å². The van der Waals surface area contributed by atoms with Gasteiger partial charge in [-0.25, -0.2) is 0 Å². The van der Waals surface area contributed by atoms with Gasteiger partial charge in [0.05, 0.1) is 14.2 Å². The quantitative estimate of drug-likeness (QED) is 0.679. The molecule has 1 aliphatic rings. The van der Waals surface area contributed by atoms with Gasteiger partial charge >= 0.3 is 0 Å². The van der Waals surface area contributed by atoms with Crippen molar-refractivity contribution in [3.8, 4) is 11.5 Å². The first kappa shape index (κ1) is 19.6. The number of hydrogen-bond donors (Lipinski definition) is 0. The van der Waals surface area contributed by atoms with Gasteiger partial charge in [0.25, 0.3) is 0 Å². The minimum absolute atomic E-state index is 0.827. The van der Waals surface area contributed by atoms with E-state index < -0.39 is 0 Å². The van der Waals surface area contributed by atoms with Gasteiger partial charge in [-0.1, -0.05) is 6.07 Å². The molecule has 0 amide bonds. The number of likely N-dealkylation sites (N-methyl/N-ethyl adjacent to an activating group) is 1. The van der Waals surface area contributed by atoms with Crippen molar-refractivity contribution in [1.29, 1.82) is 0 Å². The Bertz CT molecular complexity index is 721. The standard InChI is InChI=1S/C22H31N3O2/c1-24(12-7-18-6-4-9-23-16-18)10-5-11-25-13-8-19-14-21(26-2)22(27-3)15-20(19)17-25/h4,6,9,14-16H,5,7-8,10-13,17H2,1-3H3. The van der Waals surface area contributed by atoms with Crippen molar-refractivity contribution in [2.75, 3.05) is 47.4 Å². The number of fused-ring (bicyclic) bond motifs is 1. The van der Waals surface area contributed by atoms with E-state index in [1.54, 1.807) is 14.2 Å². The highest BCUT2D eigenvalue weighted by molar-refractivity contribution is 5.48. The number of methoxy groups -OCH3 is 2. The summed E-state index contributed by atoms with van der Waals surface area (Å²) < 4.78 is 10.9. The second kappa shape index (κ2) is 9.72. The van der Waals surface area contributed by atoms with E-state index in [0.717, 1.165) is 57.1 Å². The Hall–Kier alpha value is -2.11. The lowest BCUT2D eigenvalue weighted by Crippen LogP contribution is -2.33. The van der Waals surface area contributed by atoms with Crippen LogP contribution in [0.5, 0.6) is 11.5 Å². The maximum Gasteiger partial charge on any atom is 0.161 e. The highest BCUT2D eigenvalue weighted by atomic mass is 16.5. The van der Waals surface area contributed by atoms with Crippen molar-refractivity contribution < 1.29 is 9.47 Å². The minimum atomic E-state index is 0.827. The monoisotopic (exact) mass is 369 g/mol. The Kier molecular flexibility index (Phi) is 7.07. The highest BCUT2D eigenvalue weighted by Crippen LogP contribution is 2.33. The second-order valence-electron chi connectivity index (χ2n) is 7.27. The minimum Gasteiger partial charge on any atom is -0.493 e. The first-order valence-corrected chi connectivity index (χ1v) is 9.73. The number of pyridine rings is 1. The van der Waals surface area contributed by atoms with Crippen molar-refractivity contribution in [1.82, 2.24) is 14.8 Å². The third kappa shape index (κ3) is 5.44. The molecule has 2 heterocycles. The van der Waals surface area contributed by atoms with Gasteiger partial charge in [-0.15, -0.1) is 0 Å². The molecule has 0 radical (unpaired) electrons. The predicted octanol–water partition coefficient (Wildman–Crippen LogP) is 3.02. The van der Waals surface area contributed by atoms with Crippen molar-refractivity contribution in [2.45, 2.75) is 25.8 Å². The molecule has 1 aromatic heterocycles. The average Bonchev–Trinajstić information content (AvgIpc) is 2.71. The van der Waals surface area contributed by atoms with Crippen LogP contribution in [0, 0.1) is 0 Å². The first-order chi connectivity index (χ1) is 13.2. The molecular formula is C22H31N3O2. The number of hydrogen-bond acceptors (Lipinski definition) is 5. The van der Waals surface area contributed by atoms with Gasteiger partial charge in [-0.05, 0) is 74.3 Å². The van der Waals surface area contributed by atoms with Gasteiger partial charge in [-0.2, -0.15) is 0 Å². The van der Waals surface area contributed by atoms with Gasteiger partial charge in [0, 0.05) is 32.0 Å². The third-order valence-corrected chi connectivity index (χ3v) is 5.32. The normalized spacial score (nSPS) is 14.2. The first-order valence-electron chi connectivity index (χ1n) is 9.73. The molecule has 0 unspecified atom stereocenters. The van der Waals surface area contributed by atoms with Crippen LogP contribution in [0.4, 0.5) is 0 Å². The molecule has 1 aliphatic heterocycles. The number of nitrogens with zero attached hydrogens (tertiary/aromatic N) is 3. The van der Waals surface area contributed by atoms with E-state index in [4.69, 9.17) is 9.47 Å². The third-order valence-electron chi connectivity index (χ3n) is 5.32. The molecule has 5 nitrogen and oxygen atoms in total. The molecule has 27 heavy (non-hydrogen) atoms. The lowest BCUT2D eigenvalue weighted by molar-refractivity contribution is 0.230. The Labute approximate surface area is 162 Å². The van der Waals surface area contributed by atoms with Crippen molar-refractivity contribution in [3.05, 3.63) is 53.3 Å². The SMILES string of the molecule is COc1cc2c(cc1OC)CN(CCCN(C)CCc1cccnc1)CC2. The van der Waals surface area contributed by atoms with Crippen LogP contribution in [0.1, 0.15) is 23.1 Å². The van der Waals surface area contributed by atoms with Gasteiger partial charge in [0.1, 0.15) is 0 Å². The van der Waals surface area contributed by atoms with Gasteiger partial charge in [0.2, 0.25) is 0 Å². The van der Waals surface area contributed by atoms with Crippen LogP contribution in [0.25, 0.3) is 0 Å². The van der Waals surface area contributed by atoms with Crippen LogP contribution in [-0.4, -0.2) is 62.2 Å². The van der Waals surface area contributed by atoms with E-state index in [0.29, 0.717) is 0 Å². The maximum absolute atomic E-state index is 5.46. The Morgan fingerprint density at radius 1 is 1.11 bits per heavy atom. The zero-order chi connectivity index (χ0) is 19.1. The molecular weight excluding hydrogens is 338 g/mol. The predicted molar refractivity (Wildman–Crippen MR) is 109 cm³/mol. The van der Waals surface area contributed by atoms with E-state index in [-0.39, 0.29) is 0 Å². The summed E-state index contributed by atoms with van der Waals surface area (Å²) in [5.41, 5.74) is 4.06. The average molecular weight is 370 g/mol. The van der Waals surface area contributed by atoms with Crippen molar-refractivity contribution in [3.63, 3.8) is 0 Å². The van der Waals surface area contributed by atoms with Crippen molar-refractivity contribution >= 4 is 0 Å². The van der Waals surface area contributed by atoms with E-state index in [2.05, 4.69) is 40.0 Å². The summed E-state index contributed by atoms with van der Waals surface area (Å²) in [6.45, 7) is 5.43. The number of aromatic nitrogens is 1. The second-order valence-corrected chi connectivity index (χ2v) is 7.27. The molecule has 0 saturated carbocycles. The summed E-state index contributed by atoms with van der Waals surface area (Å²) in [5, 5.41) is 0. The fraction of sp³-hybridized carbons (Fsp3) is 0.500. The summed E-state index contributed by atoms with van der Waals surface area (Å²) in [7, 11) is 5.61. The maximum atomic E-state index is 5.46. The molecule has 0 aliphatic carbocycles. The van der Waals surface area contributed by atoms with Crippen LogP contribution in [-0.2, 0) is 19.4 Å². The number of ether oxygens (including phenoxy) is 2. The van der Waals surface area contributed by atoms with Gasteiger partial charge in [0.15, 0.2) is 11.5 Å². The lowest BCUT2D eigenvalue weighted by Gasteiger charge is -2.30. The van der Waals surface area contributed by atoms with Crippen LogP contribution in [0.15, 0.2) is 36.7 Å². The van der Waals surface area contributed by atoms with Crippen LogP contribution < -0.4 is 9.47 Å². The molecule has 0 saturated heterocycles. The Morgan fingerprint density at radius 3 is 2.59 bits per heavy atom. The molecule has 3 rings (SSSR count). The summed E-state index contributed by atoms with van der Waals surface area (Å²) in [5.74, 6) is 1.66. The number of benzene rings is 1. The molecule has 0 atom stereocenters. The van der Waals surface area contributed by atoms with Gasteiger partial charge < -0.3 is 14.4 Å².